The zero-order valence-electron chi connectivity index (χ0n) is 13.6. The standard InChI is InChI=1S/C16H18N6OS/c1-22-15(11-4-3-5-12(8-11)23-2)20-21-16(22)24-9-13-17-14(19-18-13)10-6-7-10/h3-5,8,10H,6-7,9H2,1-2H3,(H,17,18,19). The molecule has 0 aliphatic heterocycles. The SMILES string of the molecule is COc1cccc(-c2nnc(SCc3nc(C4CC4)n[nH]3)n2C)c1. The van der Waals surface area contributed by atoms with Gasteiger partial charge in [0, 0.05) is 18.5 Å². The molecule has 1 saturated carbocycles. The predicted octanol–water partition coefficient (Wildman–Crippen LogP) is 2.78. The lowest BCUT2D eigenvalue weighted by molar-refractivity contribution is 0.415. The van der Waals surface area contributed by atoms with Crippen LogP contribution in [0.4, 0.5) is 0 Å². The van der Waals surface area contributed by atoms with Crippen LogP contribution in [0, 0.1) is 0 Å². The van der Waals surface area contributed by atoms with E-state index in [-0.39, 0.29) is 0 Å². The molecule has 24 heavy (non-hydrogen) atoms. The number of hydrogen-bond donors (Lipinski definition) is 1. The molecule has 0 amide bonds. The Morgan fingerprint density at radius 3 is 3.00 bits per heavy atom. The smallest absolute Gasteiger partial charge is 0.191 e. The van der Waals surface area contributed by atoms with Crippen molar-refractivity contribution >= 4 is 11.8 Å². The summed E-state index contributed by atoms with van der Waals surface area (Å²) in [7, 11) is 3.62. The minimum atomic E-state index is 0.564. The van der Waals surface area contributed by atoms with E-state index in [1.165, 1.54) is 12.8 Å². The fourth-order valence-electron chi connectivity index (χ4n) is 2.49. The van der Waals surface area contributed by atoms with Crippen LogP contribution in [0.15, 0.2) is 29.4 Å². The topological polar surface area (TPSA) is 81.5 Å². The number of rotatable bonds is 6. The van der Waals surface area contributed by atoms with Crippen molar-refractivity contribution in [2.24, 2.45) is 7.05 Å². The molecule has 2 heterocycles. The summed E-state index contributed by atoms with van der Waals surface area (Å²) in [6.07, 6.45) is 2.41. The molecule has 0 atom stereocenters. The summed E-state index contributed by atoms with van der Waals surface area (Å²) in [5.41, 5.74) is 0.979. The number of hydrogen-bond acceptors (Lipinski definition) is 6. The van der Waals surface area contributed by atoms with Crippen LogP contribution >= 0.6 is 11.8 Å². The number of H-pyrrole nitrogens is 1. The first-order valence-corrected chi connectivity index (χ1v) is 8.81. The zero-order chi connectivity index (χ0) is 16.5. The van der Waals surface area contributed by atoms with Crippen LogP contribution in [0.1, 0.15) is 30.4 Å². The molecule has 1 aliphatic carbocycles. The highest BCUT2D eigenvalue weighted by atomic mass is 32.2. The molecule has 1 N–H and O–H groups in total. The summed E-state index contributed by atoms with van der Waals surface area (Å²) in [4.78, 5) is 4.54. The number of thioether (sulfide) groups is 1. The van der Waals surface area contributed by atoms with Gasteiger partial charge in [0.2, 0.25) is 0 Å². The highest BCUT2D eigenvalue weighted by molar-refractivity contribution is 7.98. The monoisotopic (exact) mass is 342 g/mol. The Hall–Kier alpha value is -2.35. The Balaban J connectivity index is 1.48. The van der Waals surface area contributed by atoms with Gasteiger partial charge in [-0.3, -0.25) is 5.10 Å². The van der Waals surface area contributed by atoms with Gasteiger partial charge in [0.25, 0.3) is 0 Å². The first kappa shape index (κ1) is 15.2. The Morgan fingerprint density at radius 2 is 2.21 bits per heavy atom. The van der Waals surface area contributed by atoms with Crippen molar-refractivity contribution in [2.75, 3.05) is 7.11 Å². The molecule has 0 bridgehead atoms. The van der Waals surface area contributed by atoms with E-state index in [0.717, 1.165) is 33.9 Å². The fraction of sp³-hybridized carbons (Fsp3) is 0.375. The van der Waals surface area contributed by atoms with E-state index in [1.54, 1.807) is 18.9 Å². The molecule has 3 aromatic rings. The highest BCUT2D eigenvalue weighted by Crippen LogP contribution is 2.38. The van der Waals surface area contributed by atoms with E-state index in [0.29, 0.717) is 11.7 Å². The van der Waals surface area contributed by atoms with Crippen LogP contribution in [0.25, 0.3) is 11.4 Å². The van der Waals surface area contributed by atoms with Crippen molar-refractivity contribution in [1.29, 1.82) is 0 Å². The molecule has 0 spiro atoms. The average Bonchev–Trinajstić information content (AvgIpc) is 3.24. The van der Waals surface area contributed by atoms with Gasteiger partial charge in [-0.15, -0.1) is 10.2 Å². The van der Waals surface area contributed by atoms with Crippen LogP contribution in [0.2, 0.25) is 0 Å². The van der Waals surface area contributed by atoms with Crippen molar-refractivity contribution < 1.29 is 4.74 Å². The summed E-state index contributed by atoms with van der Waals surface area (Å²) in [6.45, 7) is 0. The molecule has 8 heteroatoms. The molecule has 7 nitrogen and oxygen atoms in total. The van der Waals surface area contributed by atoms with Crippen molar-refractivity contribution in [3.63, 3.8) is 0 Å². The van der Waals surface area contributed by atoms with E-state index in [4.69, 9.17) is 4.74 Å². The summed E-state index contributed by atoms with van der Waals surface area (Å²) < 4.78 is 7.26. The molecule has 124 valence electrons. The lowest BCUT2D eigenvalue weighted by Crippen LogP contribution is -1.96. The van der Waals surface area contributed by atoms with Crippen LogP contribution in [0.5, 0.6) is 5.75 Å². The van der Waals surface area contributed by atoms with Gasteiger partial charge in [-0.25, -0.2) is 4.98 Å². The third-order valence-corrected chi connectivity index (χ3v) is 5.02. The van der Waals surface area contributed by atoms with Gasteiger partial charge in [-0.05, 0) is 25.0 Å². The Morgan fingerprint density at radius 1 is 1.33 bits per heavy atom. The van der Waals surface area contributed by atoms with Gasteiger partial charge in [0.1, 0.15) is 11.6 Å². The summed E-state index contributed by atoms with van der Waals surface area (Å²) in [5, 5.41) is 16.7. The van der Waals surface area contributed by atoms with Crippen LogP contribution in [0.3, 0.4) is 0 Å². The van der Waals surface area contributed by atoms with Crippen molar-refractivity contribution in [3.8, 4) is 17.1 Å². The molecule has 4 rings (SSSR count). The van der Waals surface area contributed by atoms with Gasteiger partial charge in [-0.2, -0.15) is 5.10 Å². The fourth-order valence-corrected chi connectivity index (χ4v) is 3.26. The Labute approximate surface area is 143 Å². The van der Waals surface area contributed by atoms with Crippen LogP contribution in [-0.2, 0) is 12.8 Å². The normalized spacial score (nSPS) is 14.1. The van der Waals surface area contributed by atoms with Crippen LogP contribution < -0.4 is 4.74 Å². The molecule has 1 aromatic carbocycles. The molecule has 0 saturated heterocycles. The number of benzene rings is 1. The largest absolute Gasteiger partial charge is 0.497 e. The first-order valence-electron chi connectivity index (χ1n) is 7.82. The third kappa shape index (κ3) is 3.01. The second-order valence-electron chi connectivity index (χ2n) is 5.80. The average molecular weight is 342 g/mol. The van der Waals surface area contributed by atoms with Gasteiger partial charge < -0.3 is 9.30 Å². The molecule has 2 aromatic heterocycles. The maximum atomic E-state index is 5.27. The molecule has 1 fully saturated rings. The minimum absolute atomic E-state index is 0.564. The van der Waals surface area contributed by atoms with Crippen molar-refractivity contribution in [3.05, 3.63) is 35.9 Å². The number of aromatic amines is 1. The number of nitrogens with one attached hydrogen (secondary N) is 1. The van der Waals surface area contributed by atoms with Crippen LogP contribution in [-0.4, -0.2) is 37.1 Å². The summed E-state index contributed by atoms with van der Waals surface area (Å²) in [5.74, 6) is 4.71. The quantitative estimate of drug-likeness (QED) is 0.694. The Bertz CT molecular complexity index is 854. The number of ether oxygens (including phenoxy) is 1. The zero-order valence-corrected chi connectivity index (χ0v) is 14.4. The molecular formula is C16H18N6OS. The molecule has 1 aliphatic rings. The van der Waals surface area contributed by atoms with E-state index in [1.807, 2.05) is 35.9 Å². The first-order chi connectivity index (χ1) is 11.7. The second-order valence-corrected chi connectivity index (χ2v) is 6.74. The maximum absolute atomic E-state index is 5.27. The molecule has 0 unspecified atom stereocenters. The third-order valence-electron chi connectivity index (χ3n) is 3.99. The number of methoxy groups -OCH3 is 1. The second kappa shape index (κ2) is 6.27. The van der Waals surface area contributed by atoms with Crippen molar-refractivity contribution in [2.45, 2.75) is 29.7 Å². The van der Waals surface area contributed by atoms with Gasteiger partial charge in [0.05, 0.1) is 12.9 Å². The summed E-state index contributed by atoms with van der Waals surface area (Å²) >= 11 is 1.60. The van der Waals surface area contributed by atoms with Crippen molar-refractivity contribution in [1.82, 2.24) is 29.9 Å². The van der Waals surface area contributed by atoms with Gasteiger partial charge in [0.15, 0.2) is 16.8 Å². The molecule has 0 radical (unpaired) electrons. The summed E-state index contributed by atoms with van der Waals surface area (Å²) in [6, 6.07) is 7.82. The molecular weight excluding hydrogens is 324 g/mol. The van der Waals surface area contributed by atoms with Gasteiger partial charge >= 0.3 is 0 Å². The lowest BCUT2D eigenvalue weighted by Gasteiger charge is -2.05. The number of aromatic nitrogens is 6. The van der Waals surface area contributed by atoms with E-state index < -0.39 is 0 Å². The maximum Gasteiger partial charge on any atom is 0.191 e. The van der Waals surface area contributed by atoms with Gasteiger partial charge in [-0.1, -0.05) is 23.9 Å². The Kier molecular flexibility index (Phi) is 3.97. The number of nitrogens with zero attached hydrogens (tertiary/aromatic N) is 5. The highest BCUT2D eigenvalue weighted by Gasteiger charge is 2.27. The minimum Gasteiger partial charge on any atom is -0.497 e. The predicted molar refractivity (Wildman–Crippen MR) is 90.9 cm³/mol. The van der Waals surface area contributed by atoms with E-state index in [9.17, 15) is 0 Å². The van der Waals surface area contributed by atoms with E-state index in [2.05, 4.69) is 25.4 Å². The lowest BCUT2D eigenvalue weighted by atomic mass is 10.2. The van der Waals surface area contributed by atoms with E-state index >= 15 is 0 Å².